The molecule has 122 valence electrons. The summed E-state index contributed by atoms with van der Waals surface area (Å²) in [5, 5.41) is 8.80. The number of hydrogen-bond acceptors (Lipinski definition) is 2. The molecule has 1 aromatic carbocycles. The van der Waals surface area contributed by atoms with E-state index in [1.807, 2.05) is 13.8 Å². The van der Waals surface area contributed by atoms with Crippen LogP contribution in [0, 0.1) is 17.2 Å². The van der Waals surface area contributed by atoms with Crippen molar-refractivity contribution in [2.75, 3.05) is 11.4 Å². The second-order valence-corrected chi connectivity index (χ2v) is 5.26. The first-order valence-corrected chi connectivity index (χ1v) is 6.81. The molecular formula is C15H15F3N4O. The normalized spacial score (nSPS) is 10.8. The van der Waals surface area contributed by atoms with Crippen LogP contribution >= 0.6 is 0 Å². The summed E-state index contributed by atoms with van der Waals surface area (Å²) in [6.45, 7) is 3.97. The van der Waals surface area contributed by atoms with Crippen LogP contribution in [0.5, 0.6) is 0 Å². The third-order valence-electron chi connectivity index (χ3n) is 3.10. The first-order chi connectivity index (χ1) is 10.7. The standard InChI is InChI=1S/C15H15F3N4O/c1-10(2)5-6-22(14(23)9-21-20)12-4-3-11(8-19)13(7-12)15(16,17)18/h3-4,7,9-10H,5-6H2,1-2H3. The Labute approximate surface area is 131 Å². The Morgan fingerprint density at radius 3 is 2.61 bits per heavy atom. The van der Waals surface area contributed by atoms with E-state index in [1.54, 1.807) is 0 Å². The van der Waals surface area contributed by atoms with Crippen LogP contribution in [0.2, 0.25) is 0 Å². The molecule has 0 atom stereocenters. The molecule has 0 saturated carbocycles. The third-order valence-corrected chi connectivity index (χ3v) is 3.10. The molecule has 0 aliphatic carbocycles. The van der Waals surface area contributed by atoms with E-state index in [4.69, 9.17) is 10.8 Å². The molecule has 5 nitrogen and oxygen atoms in total. The Kier molecular flexibility index (Phi) is 6.05. The predicted molar refractivity (Wildman–Crippen MR) is 77.7 cm³/mol. The summed E-state index contributed by atoms with van der Waals surface area (Å²) in [6.07, 6.45) is -3.54. The van der Waals surface area contributed by atoms with E-state index in [0.717, 1.165) is 17.0 Å². The maximum Gasteiger partial charge on any atom is 0.417 e. The van der Waals surface area contributed by atoms with Crippen LogP contribution < -0.4 is 4.90 Å². The number of amides is 1. The fourth-order valence-electron chi connectivity index (χ4n) is 1.91. The van der Waals surface area contributed by atoms with Crippen molar-refractivity contribution in [1.29, 1.82) is 5.26 Å². The summed E-state index contributed by atoms with van der Waals surface area (Å²) >= 11 is 0. The number of alkyl halides is 3. The molecule has 0 heterocycles. The molecule has 1 aromatic rings. The lowest BCUT2D eigenvalue weighted by Crippen LogP contribution is -2.34. The quantitative estimate of drug-likeness (QED) is 0.473. The molecule has 0 saturated heterocycles. The molecule has 23 heavy (non-hydrogen) atoms. The van der Waals surface area contributed by atoms with Crippen LogP contribution in [0.1, 0.15) is 31.4 Å². The molecule has 0 aliphatic heterocycles. The summed E-state index contributed by atoms with van der Waals surface area (Å²) in [5.41, 5.74) is 6.83. The minimum Gasteiger partial charge on any atom is -0.361 e. The van der Waals surface area contributed by atoms with E-state index in [9.17, 15) is 18.0 Å². The van der Waals surface area contributed by atoms with Crippen molar-refractivity contribution < 1.29 is 22.8 Å². The molecule has 0 N–H and O–H groups in total. The Morgan fingerprint density at radius 2 is 2.13 bits per heavy atom. The smallest absolute Gasteiger partial charge is 0.361 e. The van der Waals surface area contributed by atoms with Gasteiger partial charge in [-0.2, -0.15) is 23.2 Å². The number of nitrogens with zero attached hydrogens (tertiary/aromatic N) is 4. The molecule has 0 fully saturated rings. The van der Waals surface area contributed by atoms with Gasteiger partial charge in [-0.25, -0.2) is 0 Å². The highest BCUT2D eigenvalue weighted by Crippen LogP contribution is 2.34. The fraction of sp³-hybridized carbons (Fsp3) is 0.400. The summed E-state index contributed by atoms with van der Waals surface area (Å²) in [4.78, 5) is 15.6. The van der Waals surface area contributed by atoms with Crippen molar-refractivity contribution >= 4 is 17.8 Å². The number of benzene rings is 1. The maximum absolute atomic E-state index is 13.0. The van der Waals surface area contributed by atoms with Gasteiger partial charge in [-0.05, 0) is 30.5 Å². The minimum absolute atomic E-state index is 0.0122. The molecule has 0 aromatic heterocycles. The Bertz CT molecular complexity index is 670. The van der Waals surface area contributed by atoms with E-state index < -0.39 is 23.2 Å². The maximum atomic E-state index is 13.0. The van der Waals surface area contributed by atoms with E-state index >= 15 is 0 Å². The number of hydrogen-bond donors (Lipinski definition) is 0. The molecular weight excluding hydrogens is 309 g/mol. The average Bonchev–Trinajstić information content (AvgIpc) is 2.46. The van der Waals surface area contributed by atoms with Gasteiger partial charge >= 0.3 is 18.3 Å². The number of carbonyl (C=O) groups excluding carboxylic acids is 1. The van der Waals surface area contributed by atoms with Gasteiger partial charge in [0.25, 0.3) is 0 Å². The molecule has 0 spiro atoms. The van der Waals surface area contributed by atoms with Crippen molar-refractivity contribution in [2.45, 2.75) is 26.4 Å². The predicted octanol–water partition coefficient (Wildman–Crippen LogP) is 3.26. The number of halogens is 3. The summed E-state index contributed by atoms with van der Waals surface area (Å²) < 4.78 is 39.1. The van der Waals surface area contributed by atoms with Crippen molar-refractivity contribution in [3.63, 3.8) is 0 Å². The molecule has 1 rings (SSSR count). The third kappa shape index (κ3) is 4.94. The summed E-state index contributed by atoms with van der Waals surface area (Å²) in [6, 6.07) is 4.51. The van der Waals surface area contributed by atoms with Crippen molar-refractivity contribution in [2.24, 2.45) is 5.92 Å². The summed E-state index contributed by atoms with van der Waals surface area (Å²) in [5.74, 6) is -0.525. The molecule has 8 heteroatoms. The number of carbonyl (C=O) groups is 1. The van der Waals surface area contributed by atoms with Gasteiger partial charge in [0.05, 0.1) is 17.2 Å². The number of nitriles is 1. The van der Waals surface area contributed by atoms with Crippen LogP contribution in [0.15, 0.2) is 18.2 Å². The van der Waals surface area contributed by atoms with Gasteiger partial charge in [-0.3, -0.25) is 4.79 Å². The molecule has 0 unspecified atom stereocenters. The monoisotopic (exact) mass is 324 g/mol. The first-order valence-electron chi connectivity index (χ1n) is 6.81. The van der Waals surface area contributed by atoms with Crippen LogP contribution in [0.25, 0.3) is 5.53 Å². The van der Waals surface area contributed by atoms with Gasteiger partial charge in [0.2, 0.25) is 0 Å². The lowest BCUT2D eigenvalue weighted by atomic mass is 10.1. The minimum atomic E-state index is -4.71. The Morgan fingerprint density at radius 1 is 1.48 bits per heavy atom. The lowest BCUT2D eigenvalue weighted by Gasteiger charge is -2.22. The molecule has 1 amide bonds. The zero-order valence-corrected chi connectivity index (χ0v) is 12.6. The van der Waals surface area contributed by atoms with Crippen LogP contribution in [-0.2, 0) is 11.0 Å². The van der Waals surface area contributed by atoms with Gasteiger partial charge in [-0.1, -0.05) is 13.8 Å². The number of anilines is 1. The molecule has 0 aliphatic rings. The molecule has 0 bridgehead atoms. The second kappa shape index (κ2) is 7.56. The van der Waals surface area contributed by atoms with Crippen molar-refractivity contribution in [3.8, 4) is 6.07 Å². The highest BCUT2D eigenvalue weighted by Gasteiger charge is 2.34. The van der Waals surface area contributed by atoms with Gasteiger partial charge in [0.15, 0.2) is 0 Å². The van der Waals surface area contributed by atoms with Gasteiger partial charge in [-0.15, -0.1) is 0 Å². The SMILES string of the molecule is CC(C)CCN(C(=O)C=[N+]=[N-])c1ccc(C#N)c(C(F)(F)F)c1. The summed E-state index contributed by atoms with van der Waals surface area (Å²) in [7, 11) is 0. The zero-order chi connectivity index (χ0) is 17.6. The highest BCUT2D eigenvalue weighted by molar-refractivity contribution is 6.30. The lowest BCUT2D eigenvalue weighted by molar-refractivity contribution is -0.137. The Hall–Kier alpha value is -2.65. The van der Waals surface area contributed by atoms with Crippen LogP contribution in [0.4, 0.5) is 18.9 Å². The van der Waals surface area contributed by atoms with Gasteiger partial charge in [0.1, 0.15) is 0 Å². The van der Waals surface area contributed by atoms with Crippen LogP contribution in [-0.4, -0.2) is 23.5 Å². The van der Waals surface area contributed by atoms with Gasteiger partial charge in [0, 0.05) is 12.2 Å². The van der Waals surface area contributed by atoms with Crippen molar-refractivity contribution in [3.05, 3.63) is 34.9 Å². The van der Waals surface area contributed by atoms with E-state index in [0.29, 0.717) is 12.6 Å². The van der Waals surface area contributed by atoms with E-state index in [-0.39, 0.29) is 18.2 Å². The second-order valence-electron chi connectivity index (χ2n) is 5.26. The first kappa shape index (κ1) is 18.4. The Balaban J connectivity index is 3.33. The van der Waals surface area contributed by atoms with E-state index in [1.165, 1.54) is 12.1 Å². The van der Waals surface area contributed by atoms with E-state index in [2.05, 4.69) is 4.79 Å². The zero-order valence-electron chi connectivity index (χ0n) is 12.6. The topological polar surface area (TPSA) is 80.5 Å². The highest BCUT2D eigenvalue weighted by atomic mass is 19.4. The average molecular weight is 324 g/mol. The molecule has 0 radical (unpaired) electrons. The van der Waals surface area contributed by atoms with Crippen molar-refractivity contribution in [1.82, 2.24) is 0 Å². The van der Waals surface area contributed by atoms with Crippen LogP contribution in [0.3, 0.4) is 0 Å². The fourth-order valence-corrected chi connectivity index (χ4v) is 1.91. The largest absolute Gasteiger partial charge is 0.417 e. The number of rotatable bonds is 5. The van der Waals surface area contributed by atoms with Gasteiger partial charge < -0.3 is 10.4 Å².